The van der Waals surface area contributed by atoms with Gasteiger partial charge in [0.25, 0.3) is 0 Å². The molecule has 0 bridgehead atoms. The van der Waals surface area contributed by atoms with Crippen LogP contribution in [0.25, 0.3) is 0 Å². The number of ether oxygens (including phenoxy) is 1. The summed E-state index contributed by atoms with van der Waals surface area (Å²) in [5.74, 6) is 8.35. The Labute approximate surface area is 96.8 Å². The van der Waals surface area contributed by atoms with Crippen molar-refractivity contribution >= 4 is 11.8 Å². The number of aliphatic hydroxyl groups excluding tert-OH is 1. The molecule has 84 valence electrons. The lowest BCUT2D eigenvalue weighted by Crippen LogP contribution is -1.96. The molecule has 2 nitrogen and oxygen atoms in total. The molecule has 0 spiro atoms. The van der Waals surface area contributed by atoms with Gasteiger partial charge < -0.3 is 9.84 Å². The Morgan fingerprint density at radius 1 is 1.40 bits per heavy atom. The quantitative estimate of drug-likeness (QED) is 0.408. The van der Waals surface area contributed by atoms with Crippen molar-refractivity contribution in [2.45, 2.75) is 31.8 Å². The highest BCUT2D eigenvalue weighted by molar-refractivity contribution is 7.98. The lowest BCUT2D eigenvalue weighted by molar-refractivity contribution is 0.177. The first-order chi connectivity index (χ1) is 7.31. The van der Waals surface area contributed by atoms with Crippen molar-refractivity contribution in [3.05, 3.63) is 0 Å². The van der Waals surface area contributed by atoms with E-state index < -0.39 is 6.10 Å². The molecule has 0 radical (unpaired) electrons. The number of terminal acetylenes is 1. The molecular formula is C12H18O2S. The Bertz CT molecular complexity index is 234. The van der Waals surface area contributed by atoms with E-state index in [0.29, 0.717) is 0 Å². The second-order valence-electron chi connectivity index (χ2n) is 3.02. The summed E-state index contributed by atoms with van der Waals surface area (Å²) in [5, 5.41) is 8.93. The fraction of sp³-hybridized carbons (Fsp3) is 0.667. The van der Waals surface area contributed by atoms with Gasteiger partial charge >= 0.3 is 0 Å². The van der Waals surface area contributed by atoms with E-state index in [9.17, 15) is 0 Å². The molecule has 0 amide bonds. The first-order valence-electron chi connectivity index (χ1n) is 5.00. The highest BCUT2D eigenvalue weighted by atomic mass is 32.2. The fourth-order valence-corrected chi connectivity index (χ4v) is 1.23. The average Bonchev–Trinajstić information content (AvgIpc) is 2.26. The summed E-state index contributed by atoms with van der Waals surface area (Å²) in [6, 6.07) is 0. The topological polar surface area (TPSA) is 29.5 Å². The molecule has 0 aromatic heterocycles. The van der Waals surface area contributed by atoms with Crippen LogP contribution in [0.1, 0.15) is 25.7 Å². The number of hydrogen-bond acceptors (Lipinski definition) is 3. The van der Waals surface area contributed by atoms with Gasteiger partial charge in [-0.2, -0.15) is 0 Å². The van der Waals surface area contributed by atoms with Crippen LogP contribution in [0.3, 0.4) is 0 Å². The molecule has 0 aliphatic heterocycles. The number of unbranched alkanes of at least 4 members (excludes halogenated alkanes) is 3. The van der Waals surface area contributed by atoms with Gasteiger partial charge in [-0.3, -0.25) is 0 Å². The van der Waals surface area contributed by atoms with Gasteiger partial charge in [-0.1, -0.05) is 24.2 Å². The second-order valence-corrected chi connectivity index (χ2v) is 3.83. The van der Waals surface area contributed by atoms with Crippen LogP contribution in [0.5, 0.6) is 0 Å². The van der Waals surface area contributed by atoms with Crippen LogP contribution in [0, 0.1) is 24.2 Å². The number of thioether (sulfide) groups is 1. The Hall–Kier alpha value is -0.610. The summed E-state index contributed by atoms with van der Waals surface area (Å²) in [6.07, 6.45) is 10.1. The predicted octanol–water partition coefficient (Wildman–Crippen LogP) is 1.88. The third-order valence-corrected chi connectivity index (χ3v) is 2.09. The molecule has 0 heterocycles. The highest BCUT2D eigenvalue weighted by Gasteiger charge is 1.90. The van der Waals surface area contributed by atoms with E-state index in [-0.39, 0.29) is 0 Å². The highest BCUT2D eigenvalue weighted by Crippen LogP contribution is 2.00. The summed E-state index contributed by atoms with van der Waals surface area (Å²) in [4.78, 5) is 0. The van der Waals surface area contributed by atoms with E-state index in [0.717, 1.165) is 38.2 Å². The Balaban J connectivity index is 3.17. The number of hydrogen-bond donors (Lipinski definition) is 1. The number of aliphatic hydroxyl groups is 1. The average molecular weight is 226 g/mol. The molecule has 0 saturated carbocycles. The molecule has 0 aliphatic rings. The summed E-state index contributed by atoms with van der Waals surface area (Å²) in [6.45, 7) is 0.821. The van der Waals surface area contributed by atoms with Gasteiger partial charge in [0.2, 0.25) is 0 Å². The summed E-state index contributed by atoms with van der Waals surface area (Å²) < 4.78 is 5.31. The molecule has 1 atom stereocenters. The van der Waals surface area contributed by atoms with Crippen molar-refractivity contribution in [2.75, 3.05) is 18.8 Å². The largest absolute Gasteiger partial charge is 0.371 e. The van der Waals surface area contributed by atoms with E-state index in [1.54, 1.807) is 11.8 Å². The van der Waals surface area contributed by atoms with Crippen molar-refractivity contribution in [1.29, 1.82) is 0 Å². The molecule has 0 aromatic rings. The Morgan fingerprint density at radius 2 is 2.20 bits per heavy atom. The summed E-state index contributed by atoms with van der Waals surface area (Å²) in [5.41, 5.74) is 0. The van der Waals surface area contributed by atoms with E-state index >= 15 is 0 Å². The molecule has 0 unspecified atom stereocenters. The molecular weight excluding hydrogens is 208 g/mol. The van der Waals surface area contributed by atoms with Crippen LogP contribution in [0.2, 0.25) is 0 Å². The maximum absolute atomic E-state index is 8.93. The Morgan fingerprint density at radius 3 is 2.87 bits per heavy atom. The second kappa shape index (κ2) is 11.5. The minimum atomic E-state index is -0.907. The van der Waals surface area contributed by atoms with Gasteiger partial charge in [0.1, 0.15) is 0 Å². The van der Waals surface area contributed by atoms with Crippen molar-refractivity contribution in [1.82, 2.24) is 0 Å². The molecule has 0 saturated heterocycles. The maximum Gasteiger partial charge on any atom is 0.176 e. The van der Waals surface area contributed by atoms with Crippen LogP contribution >= 0.6 is 11.8 Å². The van der Waals surface area contributed by atoms with Gasteiger partial charge in [0.05, 0.1) is 5.94 Å². The lowest BCUT2D eigenvalue weighted by atomic mass is 10.2. The van der Waals surface area contributed by atoms with Crippen LogP contribution in [-0.4, -0.2) is 30.0 Å². The van der Waals surface area contributed by atoms with Crippen LogP contribution in [0.4, 0.5) is 0 Å². The standard InChI is InChI=1S/C12H18O2S/c1-3-12(13)9-7-5-4-6-8-10-14-11-15-2/h1,12-13H,4-6,8,10-11H2,2H3/t12-/m0/s1. The third-order valence-electron chi connectivity index (χ3n) is 1.69. The van der Waals surface area contributed by atoms with Crippen molar-refractivity contribution < 1.29 is 9.84 Å². The molecule has 0 rings (SSSR count). The minimum Gasteiger partial charge on any atom is -0.371 e. The molecule has 0 aromatic carbocycles. The van der Waals surface area contributed by atoms with E-state index in [2.05, 4.69) is 17.8 Å². The third kappa shape index (κ3) is 11.3. The smallest absolute Gasteiger partial charge is 0.176 e. The molecule has 3 heteroatoms. The van der Waals surface area contributed by atoms with Gasteiger partial charge in [-0.05, 0) is 19.1 Å². The fourth-order valence-electron chi connectivity index (χ4n) is 0.947. The summed E-state index contributed by atoms with van der Waals surface area (Å²) in [7, 11) is 0. The van der Waals surface area contributed by atoms with Gasteiger partial charge in [-0.25, -0.2) is 0 Å². The first-order valence-corrected chi connectivity index (χ1v) is 6.40. The van der Waals surface area contributed by atoms with E-state index in [1.807, 2.05) is 6.26 Å². The van der Waals surface area contributed by atoms with Gasteiger partial charge in [-0.15, -0.1) is 18.2 Å². The van der Waals surface area contributed by atoms with Gasteiger partial charge in [0.15, 0.2) is 6.10 Å². The maximum atomic E-state index is 8.93. The van der Waals surface area contributed by atoms with Crippen molar-refractivity contribution in [2.24, 2.45) is 0 Å². The normalized spacial score (nSPS) is 11.3. The zero-order chi connectivity index (χ0) is 11.4. The summed E-state index contributed by atoms with van der Waals surface area (Å²) >= 11 is 1.69. The zero-order valence-corrected chi connectivity index (χ0v) is 9.98. The van der Waals surface area contributed by atoms with Crippen LogP contribution in [-0.2, 0) is 4.74 Å². The van der Waals surface area contributed by atoms with Crippen molar-refractivity contribution in [3.8, 4) is 24.2 Å². The lowest BCUT2D eigenvalue weighted by Gasteiger charge is -2.00. The Kier molecular flexibility index (Phi) is 11.0. The van der Waals surface area contributed by atoms with Crippen molar-refractivity contribution in [3.63, 3.8) is 0 Å². The monoisotopic (exact) mass is 226 g/mol. The SMILES string of the molecule is C#C[C@H](O)C#CCCCCCOCSC. The van der Waals surface area contributed by atoms with E-state index in [4.69, 9.17) is 16.3 Å². The number of rotatable bonds is 7. The molecule has 0 fully saturated rings. The molecule has 15 heavy (non-hydrogen) atoms. The zero-order valence-electron chi connectivity index (χ0n) is 9.16. The molecule has 1 N–H and O–H groups in total. The van der Waals surface area contributed by atoms with Crippen LogP contribution < -0.4 is 0 Å². The first kappa shape index (κ1) is 14.4. The molecule has 0 aliphatic carbocycles. The van der Waals surface area contributed by atoms with E-state index in [1.165, 1.54) is 0 Å². The van der Waals surface area contributed by atoms with Crippen LogP contribution in [0.15, 0.2) is 0 Å². The predicted molar refractivity (Wildman–Crippen MR) is 65.4 cm³/mol. The minimum absolute atomic E-state index is 0.772. The van der Waals surface area contributed by atoms with Gasteiger partial charge in [0, 0.05) is 13.0 Å².